The molecule has 0 saturated heterocycles. The molecule has 1 aromatic carbocycles. The smallest absolute Gasteiger partial charge is 0.203 e. The van der Waals surface area contributed by atoms with Crippen molar-refractivity contribution in [1.29, 1.82) is 0 Å². The first-order valence-electron chi connectivity index (χ1n) is 8.07. The quantitative estimate of drug-likeness (QED) is 0.519. The molecular formula is C18H12N8S. The van der Waals surface area contributed by atoms with Gasteiger partial charge in [-0.2, -0.15) is 5.10 Å². The lowest BCUT2D eigenvalue weighted by molar-refractivity contribution is 0.939. The second-order valence-corrected chi connectivity index (χ2v) is 6.80. The maximum atomic E-state index is 5.70. The number of anilines is 1. The average molecular weight is 372 g/mol. The molecule has 9 heteroatoms. The molecule has 4 heterocycles. The van der Waals surface area contributed by atoms with E-state index >= 15 is 0 Å². The molecule has 0 unspecified atom stereocenters. The molecule has 2 N–H and O–H groups in total. The van der Waals surface area contributed by atoms with Crippen LogP contribution in [0.1, 0.15) is 0 Å². The van der Waals surface area contributed by atoms with Gasteiger partial charge < -0.3 is 5.73 Å². The lowest BCUT2D eigenvalue weighted by atomic mass is 10.1. The number of hydrogen-bond acceptors (Lipinski definition) is 8. The van der Waals surface area contributed by atoms with Crippen molar-refractivity contribution in [1.82, 2.24) is 34.8 Å². The molecule has 0 amide bonds. The normalized spacial score (nSPS) is 11.1. The number of aromatic nitrogens is 7. The monoisotopic (exact) mass is 372 g/mol. The summed E-state index contributed by atoms with van der Waals surface area (Å²) in [7, 11) is 0. The van der Waals surface area contributed by atoms with E-state index in [1.807, 2.05) is 36.5 Å². The highest BCUT2D eigenvalue weighted by Gasteiger charge is 2.12. The molecule has 8 nitrogen and oxygen atoms in total. The SMILES string of the molecule is Nc1nnc(-c2cccc(-c3cnn4cc(-c5ccncn5)cnc34)c2)s1. The molecular weight excluding hydrogens is 360 g/mol. The Morgan fingerprint density at radius 2 is 1.89 bits per heavy atom. The van der Waals surface area contributed by atoms with Crippen LogP contribution in [0.3, 0.4) is 0 Å². The fraction of sp³-hybridized carbons (Fsp3) is 0. The summed E-state index contributed by atoms with van der Waals surface area (Å²) in [6.07, 6.45) is 8.72. The van der Waals surface area contributed by atoms with Gasteiger partial charge >= 0.3 is 0 Å². The molecule has 4 aromatic heterocycles. The van der Waals surface area contributed by atoms with Gasteiger partial charge in [0.05, 0.1) is 11.9 Å². The van der Waals surface area contributed by atoms with Crippen molar-refractivity contribution in [3.8, 4) is 33.0 Å². The fourth-order valence-electron chi connectivity index (χ4n) is 2.84. The van der Waals surface area contributed by atoms with Crippen molar-refractivity contribution >= 4 is 22.1 Å². The van der Waals surface area contributed by atoms with Crippen LogP contribution in [-0.4, -0.2) is 34.8 Å². The number of benzene rings is 1. The Bertz CT molecular complexity index is 1240. The molecule has 0 spiro atoms. The minimum atomic E-state index is 0.449. The molecule has 5 rings (SSSR count). The lowest BCUT2D eigenvalue weighted by Gasteiger charge is -2.03. The van der Waals surface area contributed by atoms with Gasteiger partial charge in [-0.1, -0.05) is 29.5 Å². The molecule has 0 aliphatic rings. The summed E-state index contributed by atoms with van der Waals surface area (Å²) >= 11 is 1.36. The van der Waals surface area contributed by atoms with E-state index in [0.29, 0.717) is 5.13 Å². The topological polar surface area (TPSA) is 108 Å². The fourth-order valence-corrected chi connectivity index (χ4v) is 3.45. The molecule has 5 aromatic rings. The van der Waals surface area contributed by atoms with E-state index in [1.54, 1.807) is 23.1 Å². The predicted molar refractivity (Wildman–Crippen MR) is 103 cm³/mol. The van der Waals surface area contributed by atoms with Crippen molar-refractivity contribution in [2.75, 3.05) is 5.73 Å². The zero-order valence-corrected chi connectivity index (χ0v) is 14.7. The van der Waals surface area contributed by atoms with E-state index in [4.69, 9.17) is 5.73 Å². The molecule has 130 valence electrons. The van der Waals surface area contributed by atoms with Gasteiger partial charge in [0.2, 0.25) is 5.13 Å². The Labute approximate surface area is 157 Å². The first-order valence-corrected chi connectivity index (χ1v) is 8.89. The van der Waals surface area contributed by atoms with Crippen LogP contribution in [0.5, 0.6) is 0 Å². The third kappa shape index (κ3) is 2.79. The van der Waals surface area contributed by atoms with Crippen LogP contribution in [0.15, 0.2) is 61.4 Å². The number of fused-ring (bicyclic) bond motifs is 1. The minimum Gasteiger partial charge on any atom is -0.374 e. The molecule has 0 fully saturated rings. The Kier molecular flexibility index (Phi) is 3.58. The van der Waals surface area contributed by atoms with Gasteiger partial charge in [0, 0.05) is 35.3 Å². The summed E-state index contributed by atoms with van der Waals surface area (Å²) in [6, 6.07) is 9.85. The summed E-state index contributed by atoms with van der Waals surface area (Å²) in [5.74, 6) is 0. The van der Waals surface area contributed by atoms with E-state index in [9.17, 15) is 0 Å². The van der Waals surface area contributed by atoms with E-state index in [2.05, 4.69) is 30.2 Å². The van der Waals surface area contributed by atoms with Crippen LogP contribution < -0.4 is 5.73 Å². The summed E-state index contributed by atoms with van der Waals surface area (Å²) in [6.45, 7) is 0. The number of nitrogens with two attached hydrogens (primary N) is 1. The number of nitrogens with zero attached hydrogens (tertiary/aromatic N) is 7. The van der Waals surface area contributed by atoms with Gasteiger partial charge in [-0.15, -0.1) is 10.2 Å². The third-order valence-electron chi connectivity index (χ3n) is 4.10. The van der Waals surface area contributed by atoms with Gasteiger partial charge in [-0.25, -0.2) is 19.5 Å². The first-order chi connectivity index (χ1) is 13.3. The van der Waals surface area contributed by atoms with Crippen LogP contribution >= 0.6 is 11.3 Å². The van der Waals surface area contributed by atoms with Gasteiger partial charge in [0.25, 0.3) is 0 Å². The Morgan fingerprint density at radius 1 is 0.963 bits per heavy atom. The van der Waals surface area contributed by atoms with Crippen LogP contribution in [0.4, 0.5) is 5.13 Å². The van der Waals surface area contributed by atoms with Gasteiger partial charge in [0.1, 0.15) is 11.3 Å². The lowest BCUT2D eigenvalue weighted by Crippen LogP contribution is -1.93. The van der Waals surface area contributed by atoms with E-state index in [0.717, 1.165) is 38.6 Å². The highest BCUT2D eigenvalue weighted by molar-refractivity contribution is 7.18. The number of hydrogen-bond donors (Lipinski definition) is 1. The Morgan fingerprint density at radius 3 is 2.70 bits per heavy atom. The third-order valence-corrected chi connectivity index (χ3v) is 4.90. The molecule has 0 radical (unpaired) electrons. The molecule has 0 bridgehead atoms. The van der Waals surface area contributed by atoms with E-state index in [-0.39, 0.29) is 0 Å². The minimum absolute atomic E-state index is 0.449. The summed E-state index contributed by atoms with van der Waals surface area (Å²) in [4.78, 5) is 12.8. The van der Waals surface area contributed by atoms with Gasteiger partial charge in [-0.3, -0.25) is 0 Å². The highest BCUT2D eigenvalue weighted by atomic mass is 32.1. The molecule has 0 saturated carbocycles. The van der Waals surface area contributed by atoms with Crippen molar-refractivity contribution in [3.63, 3.8) is 0 Å². The standard InChI is InChI=1S/C18H12N8S/c19-18-25-24-17(27-18)12-3-1-2-11(6-12)14-8-23-26-9-13(7-21-16(14)26)15-4-5-20-10-22-15/h1-10H,(H2,19,25). The summed E-state index contributed by atoms with van der Waals surface area (Å²) in [5.41, 5.74) is 11.0. The Hall–Kier alpha value is -3.72. The highest BCUT2D eigenvalue weighted by Crippen LogP contribution is 2.30. The molecule has 0 aliphatic carbocycles. The second kappa shape index (κ2) is 6.22. The van der Waals surface area contributed by atoms with Crippen molar-refractivity contribution in [3.05, 3.63) is 61.4 Å². The summed E-state index contributed by atoms with van der Waals surface area (Å²) < 4.78 is 1.75. The zero-order chi connectivity index (χ0) is 18.2. The zero-order valence-electron chi connectivity index (χ0n) is 13.9. The van der Waals surface area contributed by atoms with Crippen LogP contribution in [0.25, 0.3) is 38.6 Å². The van der Waals surface area contributed by atoms with E-state index in [1.165, 1.54) is 17.7 Å². The average Bonchev–Trinajstić information content (AvgIpc) is 3.34. The maximum Gasteiger partial charge on any atom is 0.203 e. The Balaban J connectivity index is 1.58. The first kappa shape index (κ1) is 15.5. The van der Waals surface area contributed by atoms with E-state index < -0.39 is 0 Å². The second-order valence-electron chi connectivity index (χ2n) is 5.79. The predicted octanol–water partition coefficient (Wildman–Crippen LogP) is 2.95. The van der Waals surface area contributed by atoms with Crippen LogP contribution in [0, 0.1) is 0 Å². The maximum absolute atomic E-state index is 5.70. The van der Waals surface area contributed by atoms with Gasteiger partial charge in [-0.05, 0) is 17.7 Å². The van der Waals surface area contributed by atoms with Crippen molar-refractivity contribution in [2.45, 2.75) is 0 Å². The summed E-state index contributed by atoms with van der Waals surface area (Å²) in [5, 5.41) is 13.7. The van der Waals surface area contributed by atoms with Crippen LogP contribution in [0.2, 0.25) is 0 Å². The number of nitrogen functional groups attached to an aromatic ring is 1. The number of rotatable bonds is 3. The molecule has 0 atom stereocenters. The van der Waals surface area contributed by atoms with Crippen LogP contribution in [-0.2, 0) is 0 Å². The molecule has 27 heavy (non-hydrogen) atoms. The van der Waals surface area contributed by atoms with Crippen molar-refractivity contribution in [2.24, 2.45) is 0 Å². The van der Waals surface area contributed by atoms with Gasteiger partial charge in [0.15, 0.2) is 5.65 Å². The molecule has 0 aliphatic heterocycles. The largest absolute Gasteiger partial charge is 0.374 e. The van der Waals surface area contributed by atoms with Crippen molar-refractivity contribution < 1.29 is 0 Å².